The maximum absolute atomic E-state index is 12.2. The number of hydrogen-bond donors (Lipinski definition) is 3. The number of carbonyl (C=O) groups is 6. The first kappa shape index (κ1) is 31.7. The van der Waals surface area contributed by atoms with Crippen molar-refractivity contribution in [1.82, 2.24) is 19.7 Å². The summed E-state index contributed by atoms with van der Waals surface area (Å²) in [6.07, 6.45) is 2.16. The normalized spacial score (nSPS) is 18.1. The highest BCUT2D eigenvalue weighted by Crippen LogP contribution is 2.18. The second-order valence-electron chi connectivity index (χ2n) is 9.39. The fourth-order valence-corrected chi connectivity index (χ4v) is 4.81. The lowest BCUT2D eigenvalue weighted by atomic mass is 10.1. The topological polar surface area (TPSA) is 186 Å². The van der Waals surface area contributed by atoms with Gasteiger partial charge in [-0.15, -0.1) is 0 Å². The number of pyridine rings is 1. The molecule has 0 saturated carbocycles. The van der Waals surface area contributed by atoms with Gasteiger partial charge in [-0.25, -0.2) is 0 Å². The zero-order valence-electron chi connectivity index (χ0n) is 21.8. The maximum atomic E-state index is 12.2. The second kappa shape index (κ2) is 16.4. The molecule has 0 saturated heterocycles. The molecular formula is C26H36N4O9. The monoisotopic (exact) mass is 548 g/mol. The lowest BCUT2D eigenvalue weighted by Gasteiger charge is -2.36. The van der Waals surface area contributed by atoms with Crippen LogP contribution in [0.3, 0.4) is 0 Å². The SMILES string of the molecule is O=CCC[C@@H](C(=O)O)N1CCN([C@@H](CCC=O)C(=O)O)Cc2cccc(n2)CN([C@@H](CCC=O)C(=O)O)CC1. The summed E-state index contributed by atoms with van der Waals surface area (Å²) in [6.45, 7) is 0.689. The summed E-state index contributed by atoms with van der Waals surface area (Å²) in [5.41, 5.74) is 1.07. The van der Waals surface area contributed by atoms with Crippen molar-refractivity contribution in [1.29, 1.82) is 0 Å². The van der Waals surface area contributed by atoms with E-state index < -0.39 is 36.0 Å². The number of aldehydes is 3. The predicted molar refractivity (Wildman–Crippen MR) is 137 cm³/mol. The fourth-order valence-electron chi connectivity index (χ4n) is 4.81. The molecule has 1 aromatic heterocycles. The summed E-state index contributed by atoms with van der Waals surface area (Å²) in [5.74, 6) is -3.39. The highest BCUT2D eigenvalue weighted by molar-refractivity contribution is 5.75. The Labute approximate surface area is 226 Å². The predicted octanol–water partition coefficient (Wildman–Crippen LogP) is 0.298. The van der Waals surface area contributed by atoms with E-state index in [1.807, 2.05) is 0 Å². The number of aromatic nitrogens is 1. The zero-order valence-corrected chi connectivity index (χ0v) is 21.8. The Morgan fingerprint density at radius 3 is 1.33 bits per heavy atom. The lowest BCUT2D eigenvalue weighted by Crippen LogP contribution is -2.52. The Morgan fingerprint density at radius 1 is 0.667 bits per heavy atom. The summed E-state index contributed by atoms with van der Waals surface area (Å²) >= 11 is 0. The molecule has 0 amide bonds. The minimum Gasteiger partial charge on any atom is -0.480 e. The van der Waals surface area contributed by atoms with Gasteiger partial charge >= 0.3 is 17.9 Å². The van der Waals surface area contributed by atoms with Crippen molar-refractivity contribution >= 4 is 36.8 Å². The van der Waals surface area contributed by atoms with Gasteiger partial charge in [-0.2, -0.15) is 0 Å². The van der Waals surface area contributed by atoms with Gasteiger partial charge in [-0.3, -0.25) is 34.1 Å². The summed E-state index contributed by atoms with van der Waals surface area (Å²) in [4.78, 5) is 79.0. The van der Waals surface area contributed by atoms with Crippen molar-refractivity contribution in [3.05, 3.63) is 29.6 Å². The highest BCUT2D eigenvalue weighted by Gasteiger charge is 2.32. The first-order valence-electron chi connectivity index (χ1n) is 12.9. The molecule has 1 aromatic rings. The van der Waals surface area contributed by atoms with E-state index in [-0.39, 0.29) is 77.8 Å². The number of carboxylic acid groups (broad SMARTS) is 3. The van der Waals surface area contributed by atoms with Crippen molar-refractivity contribution in [3.63, 3.8) is 0 Å². The molecule has 2 rings (SSSR count). The van der Waals surface area contributed by atoms with Crippen LogP contribution in [-0.2, 0) is 41.9 Å². The largest absolute Gasteiger partial charge is 0.480 e. The lowest BCUT2D eigenvalue weighted by molar-refractivity contribution is -0.147. The number of nitrogens with zero attached hydrogens (tertiary/aromatic N) is 4. The van der Waals surface area contributed by atoms with Crippen LogP contribution < -0.4 is 0 Å². The summed E-state index contributed by atoms with van der Waals surface area (Å²) in [5, 5.41) is 29.7. The minimum absolute atomic E-state index is 0.00352. The van der Waals surface area contributed by atoms with Gasteiger partial charge in [0.1, 0.15) is 37.0 Å². The molecule has 0 aromatic carbocycles. The molecule has 0 radical (unpaired) electrons. The molecule has 0 aliphatic carbocycles. The van der Waals surface area contributed by atoms with Crippen LogP contribution in [0.1, 0.15) is 49.9 Å². The van der Waals surface area contributed by atoms with E-state index >= 15 is 0 Å². The van der Waals surface area contributed by atoms with Gasteiger partial charge in [0, 0.05) is 58.5 Å². The average Bonchev–Trinajstić information content (AvgIpc) is 2.88. The van der Waals surface area contributed by atoms with Crippen molar-refractivity contribution in [3.8, 4) is 0 Å². The summed E-state index contributed by atoms with van der Waals surface area (Å²) in [6, 6.07) is 2.09. The third-order valence-electron chi connectivity index (χ3n) is 6.79. The van der Waals surface area contributed by atoms with Crippen molar-refractivity contribution < 1.29 is 44.1 Å². The molecule has 0 fully saturated rings. The maximum Gasteiger partial charge on any atom is 0.320 e. The minimum atomic E-state index is -1.15. The fraction of sp³-hybridized carbons (Fsp3) is 0.577. The van der Waals surface area contributed by atoms with E-state index in [1.165, 1.54) is 0 Å². The van der Waals surface area contributed by atoms with Gasteiger partial charge in [-0.05, 0) is 31.4 Å². The Hall–Kier alpha value is -3.55. The Morgan fingerprint density at radius 2 is 1.00 bits per heavy atom. The summed E-state index contributed by atoms with van der Waals surface area (Å²) in [7, 11) is 0. The molecule has 1 aliphatic heterocycles. The van der Waals surface area contributed by atoms with E-state index in [4.69, 9.17) is 0 Å². The van der Waals surface area contributed by atoms with Gasteiger partial charge in [0.05, 0.1) is 11.4 Å². The third kappa shape index (κ3) is 9.93. The quantitative estimate of drug-likeness (QED) is 0.254. The van der Waals surface area contributed by atoms with Crippen LogP contribution in [0.15, 0.2) is 18.2 Å². The molecule has 3 N–H and O–H groups in total. The van der Waals surface area contributed by atoms with Crippen LogP contribution in [0.4, 0.5) is 0 Å². The third-order valence-corrected chi connectivity index (χ3v) is 6.79. The van der Waals surface area contributed by atoms with Gasteiger partial charge in [0.25, 0.3) is 0 Å². The number of fused-ring (bicyclic) bond motifs is 2. The molecule has 0 unspecified atom stereocenters. The first-order chi connectivity index (χ1) is 18.7. The molecular weight excluding hydrogens is 512 g/mol. The Balaban J connectivity index is 2.53. The first-order valence-corrected chi connectivity index (χ1v) is 12.9. The van der Waals surface area contributed by atoms with Crippen molar-refractivity contribution in [2.75, 3.05) is 26.2 Å². The number of carboxylic acids is 3. The molecule has 2 heterocycles. The molecule has 2 bridgehead atoms. The van der Waals surface area contributed by atoms with Crippen LogP contribution in [0.25, 0.3) is 0 Å². The van der Waals surface area contributed by atoms with Crippen LogP contribution in [-0.4, -0.2) is 116 Å². The van der Waals surface area contributed by atoms with E-state index in [0.717, 1.165) is 0 Å². The molecule has 3 atom stereocenters. The van der Waals surface area contributed by atoms with Crippen molar-refractivity contribution in [2.24, 2.45) is 0 Å². The van der Waals surface area contributed by atoms with E-state index in [1.54, 1.807) is 32.9 Å². The molecule has 214 valence electrons. The smallest absolute Gasteiger partial charge is 0.320 e. The van der Waals surface area contributed by atoms with Gasteiger partial charge in [0.2, 0.25) is 0 Å². The number of aliphatic carboxylic acids is 3. The standard InChI is InChI=1S/C26H36N4O9/c31-14-2-7-21(24(34)35)28-10-12-29(22(25(36)37)8-3-15-32)17-19-5-1-6-20(27-19)18-30(13-11-28)23(26(38)39)9-4-16-33/h1,5-6,14-16,21-23H,2-4,7-13,17-18H2,(H,34,35)(H,36,37)(H,38,39)/t21-,22-,23-/m0/s1. The van der Waals surface area contributed by atoms with E-state index in [0.29, 0.717) is 30.2 Å². The van der Waals surface area contributed by atoms with E-state index in [2.05, 4.69) is 4.98 Å². The molecule has 39 heavy (non-hydrogen) atoms. The Kier molecular flexibility index (Phi) is 13.3. The summed E-state index contributed by atoms with van der Waals surface area (Å²) < 4.78 is 0. The molecule has 0 spiro atoms. The molecule has 13 heteroatoms. The number of rotatable bonds is 15. The highest BCUT2D eigenvalue weighted by atomic mass is 16.4. The zero-order chi connectivity index (χ0) is 28.8. The van der Waals surface area contributed by atoms with Crippen LogP contribution in [0, 0.1) is 0 Å². The molecule has 13 nitrogen and oxygen atoms in total. The van der Waals surface area contributed by atoms with Crippen molar-refractivity contribution in [2.45, 2.75) is 69.7 Å². The molecule has 1 aliphatic rings. The number of carbonyl (C=O) groups excluding carboxylic acids is 3. The van der Waals surface area contributed by atoms with Gasteiger partial charge in [0.15, 0.2) is 0 Å². The van der Waals surface area contributed by atoms with Crippen LogP contribution in [0.2, 0.25) is 0 Å². The van der Waals surface area contributed by atoms with Crippen LogP contribution in [0.5, 0.6) is 0 Å². The second-order valence-corrected chi connectivity index (χ2v) is 9.39. The Bertz CT molecular complexity index is 946. The number of hydrogen-bond acceptors (Lipinski definition) is 10. The van der Waals surface area contributed by atoms with E-state index in [9.17, 15) is 44.1 Å². The van der Waals surface area contributed by atoms with Crippen LogP contribution >= 0.6 is 0 Å². The average molecular weight is 549 g/mol. The van der Waals surface area contributed by atoms with Gasteiger partial charge in [-0.1, -0.05) is 6.07 Å². The van der Waals surface area contributed by atoms with Gasteiger partial charge < -0.3 is 29.7 Å².